The molecule has 0 amide bonds. The lowest BCUT2D eigenvalue weighted by molar-refractivity contribution is 0.745. The molecule has 3 unspecified atom stereocenters. The van der Waals surface area contributed by atoms with Crippen molar-refractivity contribution in [2.24, 2.45) is 23.3 Å². The summed E-state index contributed by atoms with van der Waals surface area (Å²) in [7, 11) is -6.99. The Hall–Kier alpha value is -7.62. The molecule has 350 valence electrons. The molecule has 1 N–H and O–H groups in total. The van der Waals surface area contributed by atoms with E-state index in [2.05, 4.69) is 247 Å². The molecule has 72 heavy (non-hydrogen) atoms. The Bertz CT molecular complexity index is 4040. The van der Waals surface area contributed by atoms with Gasteiger partial charge in [0.05, 0.1) is 67.3 Å². The second-order valence-corrected chi connectivity index (χ2v) is 31.7. The standard InChI is InChI=1S/C60H53N9Si3/c1-70(2)61-48-20-15-25-53(58(48)64-70)69(54-36-34-42(56-59(54)65-71(3,4)62-56)38-26-30-40(31-27-38)67-49-21-11-7-16-44(49)45-17-8-12-22-50(45)67)55-37-35-43(57-60(55)66-72(5,6)63-57)39-28-32-41(33-29-39)68-51-23-13-9-18-46(51)47-19-10-14-24-52(47)68/h7-37,44,48-49,61H,1-6H3. The molecule has 1 aromatic heterocycles. The summed E-state index contributed by atoms with van der Waals surface area (Å²) in [6.45, 7) is 13.5. The fraction of sp³-hybridized carbons (Fsp3) is 0.150. The van der Waals surface area contributed by atoms with Crippen molar-refractivity contribution in [2.75, 3.05) is 9.80 Å². The highest BCUT2D eigenvalue weighted by Gasteiger charge is 2.41. The summed E-state index contributed by atoms with van der Waals surface area (Å²) in [6, 6.07) is 53.5. The van der Waals surface area contributed by atoms with Crippen molar-refractivity contribution in [1.82, 2.24) is 9.55 Å². The average Bonchev–Trinajstić information content (AvgIpc) is 4.17. The van der Waals surface area contributed by atoms with E-state index in [4.69, 9.17) is 23.3 Å². The number of para-hydroxylation sites is 3. The van der Waals surface area contributed by atoms with Crippen molar-refractivity contribution in [1.29, 1.82) is 0 Å². The summed E-state index contributed by atoms with van der Waals surface area (Å²) in [6.07, 6.45) is 15.7. The van der Waals surface area contributed by atoms with Gasteiger partial charge >= 0.3 is 0 Å². The largest absolute Gasteiger partial charge is 0.333 e. The molecular formula is C60H53N9Si3. The van der Waals surface area contributed by atoms with E-state index in [0.717, 1.165) is 72.2 Å². The molecule has 6 aliphatic rings. The zero-order valence-electron chi connectivity index (χ0n) is 41.2. The van der Waals surface area contributed by atoms with E-state index in [1.54, 1.807) is 0 Å². The van der Waals surface area contributed by atoms with Gasteiger partial charge in [0.1, 0.15) is 0 Å². The third-order valence-corrected chi connectivity index (χ3v) is 19.9. The van der Waals surface area contributed by atoms with Crippen LogP contribution in [0.25, 0.3) is 49.7 Å². The molecule has 4 aliphatic heterocycles. The van der Waals surface area contributed by atoms with E-state index in [0.29, 0.717) is 5.92 Å². The minimum absolute atomic E-state index is 0.0123. The normalized spacial score (nSPS) is 20.9. The summed E-state index contributed by atoms with van der Waals surface area (Å²) < 4.78 is 30.1. The summed E-state index contributed by atoms with van der Waals surface area (Å²) in [5, 5.41) is 6.23. The smallest absolute Gasteiger partial charge is 0.298 e. The van der Waals surface area contributed by atoms with Crippen LogP contribution in [0.2, 0.25) is 39.3 Å². The molecule has 0 fully saturated rings. The number of nitrogens with one attached hydrogen (secondary N) is 1. The molecule has 0 saturated heterocycles. The number of aromatic nitrogens is 1. The topological polar surface area (TPSA) is 85.2 Å². The second kappa shape index (κ2) is 15.7. The van der Waals surface area contributed by atoms with Gasteiger partial charge in [-0.1, -0.05) is 127 Å². The molecule has 9 nitrogen and oxygen atoms in total. The predicted octanol–water partition coefficient (Wildman–Crippen LogP) is 11.5. The highest BCUT2D eigenvalue weighted by atomic mass is 28.4. The van der Waals surface area contributed by atoms with Crippen molar-refractivity contribution in [3.63, 3.8) is 0 Å². The van der Waals surface area contributed by atoms with Crippen molar-refractivity contribution >= 4 is 75.5 Å². The van der Waals surface area contributed by atoms with Crippen molar-refractivity contribution in [3.05, 3.63) is 221 Å². The first-order valence-electron chi connectivity index (χ1n) is 25.1. The quantitative estimate of drug-likeness (QED) is 0.161. The van der Waals surface area contributed by atoms with Crippen LogP contribution in [0.4, 0.5) is 22.7 Å². The molecule has 14 rings (SSSR count). The van der Waals surface area contributed by atoms with Crippen LogP contribution >= 0.6 is 0 Å². The molecule has 3 atom stereocenters. The van der Waals surface area contributed by atoms with Crippen LogP contribution in [-0.4, -0.2) is 47.6 Å². The molecule has 0 bridgehead atoms. The van der Waals surface area contributed by atoms with E-state index >= 15 is 0 Å². The van der Waals surface area contributed by atoms with Crippen LogP contribution < -0.4 is 36.2 Å². The lowest BCUT2D eigenvalue weighted by Gasteiger charge is -2.31. The van der Waals surface area contributed by atoms with Gasteiger partial charge in [-0.2, -0.15) is 0 Å². The molecule has 2 aliphatic carbocycles. The highest BCUT2D eigenvalue weighted by molar-refractivity contribution is 6.77. The Balaban J connectivity index is 0.908. The zero-order chi connectivity index (χ0) is 48.7. The Morgan fingerprint density at radius 3 is 1.67 bits per heavy atom. The molecule has 5 heterocycles. The Morgan fingerprint density at radius 2 is 1.04 bits per heavy atom. The number of nitrogens with zero attached hydrogens (tertiary/aromatic N) is 8. The molecule has 0 spiro atoms. The van der Waals surface area contributed by atoms with E-state index in [1.807, 2.05) is 0 Å². The number of allylic oxidation sites excluding steroid dienone is 4. The first-order chi connectivity index (χ1) is 34.9. The second-order valence-electron chi connectivity index (χ2n) is 21.2. The van der Waals surface area contributed by atoms with Gasteiger partial charge in [0.15, 0.2) is 0 Å². The Kier molecular flexibility index (Phi) is 9.41. The summed E-state index contributed by atoms with van der Waals surface area (Å²) in [4.78, 5) is 8.77. The summed E-state index contributed by atoms with van der Waals surface area (Å²) in [5.41, 5.74) is 15.7. The lowest BCUT2D eigenvalue weighted by atomic mass is 9.91. The van der Waals surface area contributed by atoms with Crippen LogP contribution in [0, 0.1) is 0 Å². The molecule has 7 aromatic carbocycles. The van der Waals surface area contributed by atoms with Crippen molar-refractivity contribution in [3.8, 4) is 27.9 Å². The maximum Gasteiger partial charge on any atom is 0.298 e. The van der Waals surface area contributed by atoms with Gasteiger partial charge in [-0.25, -0.2) is 0 Å². The van der Waals surface area contributed by atoms with Crippen molar-refractivity contribution in [2.45, 2.75) is 57.3 Å². The number of hydrogen-bond donors (Lipinski definition) is 1. The Morgan fingerprint density at radius 1 is 0.500 bits per heavy atom. The zero-order valence-corrected chi connectivity index (χ0v) is 44.2. The van der Waals surface area contributed by atoms with Gasteiger partial charge in [0.2, 0.25) is 8.40 Å². The summed E-state index contributed by atoms with van der Waals surface area (Å²) in [5.74, 6) is 0.332. The average molecular weight is 984 g/mol. The van der Waals surface area contributed by atoms with E-state index in [9.17, 15) is 0 Å². The first-order valence-corrected chi connectivity index (χ1v) is 33.9. The Labute approximate surface area is 421 Å². The van der Waals surface area contributed by atoms with Gasteiger partial charge in [-0.15, -0.1) is 0 Å². The van der Waals surface area contributed by atoms with Crippen LogP contribution in [0.5, 0.6) is 0 Å². The minimum atomic E-state index is -2.44. The number of benzene rings is 7. The van der Waals surface area contributed by atoms with E-state index < -0.39 is 25.2 Å². The number of hydrogen-bond acceptors (Lipinski definition) is 8. The van der Waals surface area contributed by atoms with Gasteiger partial charge in [0.25, 0.3) is 16.8 Å². The number of rotatable bonds is 7. The molecule has 8 aromatic rings. The highest BCUT2D eigenvalue weighted by Crippen LogP contribution is 2.48. The molecular weight excluding hydrogens is 931 g/mol. The van der Waals surface area contributed by atoms with E-state index in [-0.39, 0.29) is 12.1 Å². The summed E-state index contributed by atoms with van der Waals surface area (Å²) >= 11 is 0. The van der Waals surface area contributed by atoms with Crippen LogP contribution in [0.3, 0.4) is 0 Å². The fourth-order valence-corrected chi connectivity index (χ4v) is 17.2. The third-order valence-electron chi connectivity index (χ3n) is 15.0. The number of anilines is 4. The van der Waals surface area contributed by atoms with Gasteiger partial charge in [-0.05, 0) is 117 Å². The van der Waals surface area contributed by atoms with Gasteiger partial charge < -0.3 is 24.0 Å². The van der Waals surface area contributed by atoms with Crippen LogP contribution in [0.15, 0.2) is 217 Å². The van der Waals surface area contributed by atoms with Gasteiger partial charge in [-0.3, -0.25) is 18.6 Å². The van der Waals surface area contributed by atoms with Crippen molar-refractivity contribution < 1.29 is 0 Å². The first kappa shape index (κ1) is 43.2. The minimum Gasteiger partial charge on any atom is -0.333 e. The third kappa shape index (κ3) is 6.77. The molecule has 0 radical (unpaired) electrons. The van der Waals surface area contributed by atoms with E-state index in [1.165, 1.54) is 38.7 Å². The monoisotopic (exact) mass is 983 g/mol. The fourth-order valence-electron chi connectivity index (χ4n) is 12.1. The predicted molar refractivity (Wildman–Crippen MR) is 302 cm³/mol. The van der Waals surface area contributed by atoms with Crippen LogP contribution in [-0.2, 0) is 0 Å². The molecule has 0 saturated carbocycles. The maximum absolute atomic E-state index is 5.60. The SMILES string of the molecule is C[Si]1(C)N=c2c(-c3ccc(N4c5ccccc5C5C=CC=CC54)cc3)ccc(N(C3=CC=CC4N[Si](C)(C)N=C34)c3ccc(-c4ccc(-n5c6ccccc6c6ccccc65)cc4)c4c3=N[Si](C)(C)N=4)c2=N1. The van der Waals surface area contributed by atoms with Gasteiger partial charge in [0, 0.05) is 44.9 Å². The lowest BCUT2D eigenvalue weighted by Crippen LogP contribution is -2.45. The number of fused-ring (bicyclic) bond motifs is 9. The van der Waals surface area contributed by atoms with Crippen LogP contribution in [0.1, 0.15) is 11.5 Å². The molecule has 12 heteroatoms. The maximum atomic E-state index is 5.60.